The molecule has 0 bridgehead atoms. The predicted molar refractivity (Wildman–Crippen MR) is 93.4 cm³/mol. The van der Waals surface area contributed by atoms with E-state index in [0.29, 0.717) is 12.6 Å². The molecule has 13 heteroatoms. The van der Waals surface area contributed by atoms with E-state index >= 15 is 0 Å². The van der Waals surface area contributed by atoms with Gasteiger partial charge in [-0.3, -0.25) is 14.9 Å². The second-order valence-corrected chi connectivity index (χ2v) is 6.79. The fourth-order valence-corrected chi connectivity index (χ4v) is 2.96. The van der Waals surface area contributed by atoms with E-state index in [4.69, 9.17) is 4.42 Å². The molecule has 1 fully saturated rings. The van der Waals surface area contributed by atoms with Crippen LogP contribution in [0.4, 0.5) is 23.7 Å². The molecule has 1 aromatic heterocycles. The number of amides is 4. The van der Waals surface area contributed by atoms with Gasteiger partial charge in [0, 0.05) is 25.9 Å². The molecule has 9 nitrogen and oxygen atoms in total. The zero-order valence-corrected chi connectivity index (χ0v) is 15.5. The van der Waals surface area contributed by atoms with Crippen molar-refractivity contribution in [1.29, 1.82) is 0 Å². The Morgan fingerprint density at radius 2 is 2.03 bits per heavy atom. The van der Waals surface area contributed by atoms with Gasteiger partial charge in [0.05, 0.1) is 11.4 Å². The molecule has 1 aromatic carbocycles. The minimum atomic E-state index is -1.68. The predicted octanol–water partition coefficient (Wildman–Crippen LogP) is 1.70. The summed E-state index contributed by atoms with van der Waals surface area (Å²) in [5.41, 5.74) is -0.487. The van der Waals surface area contributed by atoms with Crippen molar-refractivity contribution in [1.82, 2.24) is 20.4 Å². The van der Waals surface area contributed by atoms with Crippen molar-refractivity contribution in [2.45, 2.75) is 18.1 Å². The van der Waals surface area contributed by atoms with Crippen LogP contribution < -0.4 is 10.6 Å². The molecule has 1 saturated heterocycles. The lowest BCUT2D eigenvalue weighted by atomic mass is 10.3. The van der Waals surface area contributed by atoms with Gasteiger partial charge in [-0.15, -0.1) is 10.2 Å². The Morgan fingerprint density at radius 1 is 1.24 bits per heavy atom. The van der Waals surface area contributed by atoms with Gasteiger partial charge in [0.25, 0.3) is 5.22 Å². The van der Waals surface area contributed by atoms with Crippen LogP contribution in [0.1, 0.15) is 12.3 Å². The molecule has 3 rings (SSSR count). The first-order valence-corrected chi connectivity index (χ1v) is 9.29. The summed E-state index contributed by atoms with van der Waals surface area (Å²) in [4.78, 5) is 36.0. The first-order chi connectivity index (χ1) is 13.8. The van der Waals surface area contributed by atoms with Crippen LogP contribution in [0.25, 0.3) is 0 Å². The van der Waals surface area contributed by atoms with Gasteiger partial charge < -0.3 is 14.6 Å². The lowest BCUT2D eigenvalue weighted by Crippen LogP contribution is -2.49. The third kappa shape index (κ3) is 5.25. The molecule has 0 spiro atoms. The van der Waals surface area contributed by atoms with Crippen LogP contribution in [0, 0.1) is 17.5 Å². The Hall–Kier alpha value is -3.09. The summed E-state index contributed by atoms with van der Waals surface area (Å²) in [6, 6.07) is 1.12. The summed E-state index contributed by atoms with van der Waals surface area (Å²) >= 11 is 0.864. The Balaban J connectivity index is 1.46. The minimum Gasteiger partial charge on any atom is -0.416 e. The standard InChI is InChI=1S/C16H14F3N5O4S/c17-8-1-2-9(14(19)13(8)18)20-11(26)7-29-16-23-22-12(28-16)4-6-24-5-3-10(25)21-15(24)27/h1-2H,3-7H2,(H,20,26)(H,21,25,27). The first kappa shape index (κ1) is 20.6. The normalized spacial score (nSPS) is 14.1. The number of hydrogen-bond acceptors (Lipinski definition) is 7. The minimum absolute atomic E-state index is 0.0687. The number of aromatic nitrogens is 2. The molecule has 2 heterocycles. The van der Waals surface area contributed by atoms with E-state index < -0.39 is 35.1 Å². The van der Waals surface area contributed by atoms with E-state index in [2.05, 4.69) is 20.8 Å². The number of urea groups is 1. The maximum atomic E-state index is 13.5. The highest BCUT2D eigenvalue weighted by atomic mass is 32.2. The zero-order chi connectivity index (χ0) is 21.0. The number of benzene rings is 1. The van der Waals surface area contributed by atoms with E-state index in [9.17, 15) is 27.6 Å². The number of imide groups is 1. The summed E-state index contributed by atoms with van der Waals surface area (Å²) in [5.74, 6) is -5.56. The van der Waals surface area contributed by atoms with Crippen molar-refractivity contribution in [3.8, 4) is 0 Å². The maximum absolute atomic E-state index is 13.5. The Labute approximate surface area is 166 Å². The molecule has 0 aliphatic carbocycles. The van der Waals surface area contributed by atoms with Crippen LogP contribution in [-0.2, 0) is 16.0 Å². The number of thioether (sulfide) groups is 1. The second kappa shape index (κ2) is 8.94. The van der Waals surface area contributed by atoms with Crippen molar-refractivity contribution in [3.63, 3.8) is 0 Å². The number of hydrogen-bond donors (Lipinski definition) is 2. The molecule has 2 N–H and O–H groups in total. The molecule has 1 aliphatic heterocycles. The highest BCUT2D eigenvalue weighted by molar-refractivity contribution is 7.99. The van der Waals surface area contributed by atoms with Crippen LogP contribution >= 0.6 is 11.8 Å². The number of nitrogens with one attached hydrogen (secondary N) is 2. The summed E-state index contributed by atoms with van der Waals surface area (Å²) in [7, 11) is 0. The highest BCUT2D eigenvalue weighted by Gasteiger charge is 2.23. The molecule has 0 unspecified atom stereocenters. The number of carbonyl (C=O) groups is 3. The molecule has 0 radical (unpaired) electrons. The average Bonchev–Trinajstić information content (AvgIpc) is 3.14. The molecule has 154 valence electrons. The number of carbonyl (C=O) groups excluding carboxylic acids is 3. The van der Waals surface area contributed by atoms with Crippen molar-refractivity contribution in [2.24, 2.45) is 0 Å². The second-order valence-electron chi connectivity index (χ2n) is 5.86. The molecule has 1 aliphatic rings. The molecular formula is C16H14F3N5O4S. The van der Waals surface area contributed by atoms with Crippen LogP contribution in [-0.4, -0.2) is 51.8 Å². The maximum Gasteiger partial charge on any atom is 0.324 e. The van der Waals surface area contributed by atoms with Crippen molar-refractivity contribution in [2.75, 3.05) is 24.2 Å². The molecular weight excluding hydrogens is 415 g/mol. The number of nitrogens with zero attached hydrogens (tertiary/aromatic N) is 3. The monoisotopic (exact) mass is 429 g/mol. The van der Waals surface area contributed by atoms with Gasteiger partial charge in [-0.25, -0.2) is 18.0 Å². The number of rotatable bonds is 7. The van der Waals surface area contributed by atoms with Gasteiger partial charge in [0.15, 0.2) is 17.5 Å². The largest absolute Gasteiger partial charge is 0.416 e. The van der Waals surface area contributed by atoms with Gasteiger partial charge in [-0.2, -0.15) is 0 Å². The van der Waals surface area contributed by atoms with E-state index in [1.165, 1.54) is 4.90 Å². The number of anilines is 1. The fraction of sp³-hybridized carbons (Fsp3) is 0.312. The highest BCUT2D eigenvalue weighted by Crippen LogP contribution is 2.21. The van der Waals surface area contributed by atoms with Crippen LogP contribution in [0.3, 0.4) is 0 Å². The lowest BCUT2D eigenvalue weighted by Gasteiger charge is -2.25. The van der Waals surface area contributed by atoms with Gasteiger partial charge in [-0.1, -0.05) is 11.8 Å². The summed E-state index contributed by atoms with van der Waals surface area (Å²) in [6.45, 7) is 0.558. The molecule has 29 heavy (non-hydrogen) atoms. The Morgan fingerprint density at radius 3 is 2.79 bits per heavy atom. The molecule has 0 saturated carbocycles. The SMILES string of the molecule is O=C1CCN(CCc2nnc(SCC(=O)Nc3ccc(F)c(F)c3F)o2)C(=O)N1. The smallest absolute Gasteiger partial charge is 0.324 e. The van der Waals surface area contributed by atoms with E-state index in [1.54, 1.807) is 0 Å². The van der Waals surface area contributed by atoms with Gasteiger partial charge in [0.2, 0.25) is 17.7 Å². The van der Waals surface area contributed by atoms with Crippen LogP contribution in [0.5, 0.6) is 0 Å². The third-order valence-corrected chi connectivity index (χ3v) is 4.64. The molecule has 0 atom stereocenters. The third-order valence-electron chi connectivity index (χ3n) is 3.82. The first-order valence-electron chi connectivity index (χ1n) is 8.30. The zero-order valence-electron chi connectivity index (χ0n) is 14.7. The summed E-state index contributed by atoms with van der Waals surface area (Å²) in [6.07, 6.45) is 0.464. The van der Waals surface area contributed by atoms with Crippen LogP contribution in [0.2, 0.25) is 0 Å². The van der Waals surface area contributed by atoms with E-state index in [0.717, 1.165) is 17.8 Å². The van der Waals surface area contributed by atoms with E-state index in [-0.39, 0.29) is 42.2 Å². The molecule has 4 amide bonds. The Bertz CT molecular complexity index is 955. The van der Waals surface area contributed by atoms with Gasteiger partial charge in [0.1, 0.15) is 0 Å². The number of halogens is 3. The lowest BCUT2D eigenvalue weighted by molar-refractivity contribution is -0.121. The average molecular weight is 429 g/mol. The fourth-order valence-electron chi connectivity index (χ4n) is 2.38. The van der Waals surface area contributed by atoms with Gasteiger partial charge in [-0.05, 0) is 12.1 Å². The topological polar surface area (TPSA) is 117 Å². The van der Waals surface area contributed by atoms with Gasteiger partial charge >= 0.3 is 6.03 Å². The molecule has 2 aromatic rings. The van der Waals surface area contributed by atoms with E-state index in [1.807, 2.05) is 0 Å². The van der Waals surface area contributed by atoms with Crippen molar-refractivity contribution >= 4 is 35.3 Å². The van der Waals surface area contributed by atoms with Crippen molar-refractivity contribution in [3.05, 3.63) is 35.5 Å². The summed E-state index contributed by atoms with van der Waals surface area (Å²) < 4.78 is 44.9. The quantitative estimate of drug-likeness (QED) is 0.508. The van der Waals surface area contributed by atoms with Crippen molar-refractivity contribution < 1.29 is 32.0 Å². The Kier molecular flexibility index (Phi) is 6.36. The summed E-state index contributed by atoms with van der Waals surface area (Å²) in [5, 5.41) is 11.9. The van der Waals surface area contributed by atoms with Crippen LogP contribution in [0.15, 0.2) is 21.8 Å².